The fraction of sp³-hybridized carbons (Fsp3) is 0.167. The SMILES string of the molecule is CNc1nc(Oc2ccc(F)cc2Cl)cc(C(F)(F)F)n1. The number of benzene rings is 1. The van der Waals surface area contributed by atoms with Crippen LogP contribution in [-0.4, -0.2) is 17.0 Å². The Morgan fingerprint density at radius 1 is 1.19 bits per heavy atom. The quantitative estimate of drug-likeness (QED) is 0.864. The second kappa shape index (κ2) is 5.72. The molecule has 0 atom stereocenters. The normalized spacial score (nSPS) is 11.3. The van der Waals surface area contributed by atoms with Gasteiger partial charge in [0, 0.05) is 13.1 Å². The Labute approximate surface area is 121 Å². The summed E-state index contributed by atoms with van der Waals surface area (Å²) in [5.74, 6) is -1.25. The van der Waals surface area contributed by atoms with Gasteiger partial charge >= 0.3 is 6.18 Å². The molecule has 0 aliphatic heterocycles. The van der Waals surface area contributed by atoms with Gasteiger partial charge in [0.2, 0.25) is 11.8 Å². The van der Waals surface area contributed by atoms with E-state index < -0.39 is 17.7 Å². The van der Waals surface area contributed by atoms with E-state index in [0.717, 1.165) is 12.1 Å². The van der Waals surface area contributed by atoms with Gasteiger partial charge in [0.1, 0.15) is 11.6 Å². The summed E-state index contributed by atoms with van der Waals surface area (Å²) in [5, 5.41) is 2.30. The molecular formula is C12H8ClF4N3O. The summed E-state index contributed by atoms with van der Waals surface area (Å²) >= 11 is 5.74. The molecule has 0 fully saturated rings. The maximum absolute atomic E-state index is 12.9. The molecule has 0 saturated carbocycles. The number of ether oxygens (including phenoxy) is 1. The van der Waals surface area contributed by atoms with E-state index >= 15 is 0 Å². The van der Waals surface area contributed by atoms with E-state index in [1.54, 1.807) is 0 Å². The molecule has 2 aromatic rings. The van der Waals surface area contributed by atoms with Gasteiger partial charge in [-0.3, -0.25) is 0 Å². The highest BCUT2D eigenvalue weighted by atomic mass is 35.5. The molecule has 1 N–H and O–H groups in total. The van der Waals surface area contributed by atoms with Gasteiger partial charge in [-0.2, -0.15) is 18.2 Å². The fourth-order valence-corrected chi connectivity index (χ4v) is 1.61. The Kier molecular flexibility index (Phi) is 4.17. The molecule has 1 aromatic heterocycles. The van der Waals surface area contributed by atoms with Crippen molar-refractivity contribution >= 4 is 17.5 Å². The topological polar surface area (TPSA) is 47.0 Å². The number of hydrogen-bond acceptors (Lipinski definition) is 4. The molecule has 0 radical (unpaired) electrons. The fourth-order valence-electron chi connectivity index (χ4n) is 1.40. The lowest BCUT2D eigenvalue weighted by molar-refractivity contribution is -0.141. The summed E-state index contributed by atoms with van der Waals surface area (Å²) in [5.41, 5.74) is -1.17. The first-order valence-corrected chi connectivity index (χ1v) is 5.94. The number of rotatable bonds is 3. The van der Waals surface area contributed by atoms with Gasteiger partial charge < -0.3 is 10.1 Å². The van der Waals surface area contributed by atoms with E-state index in [0.29, 0.717) is 6.07 Å². The van der Waals surface area contributed by atoms with Gasteiger partial charge in [-0.15, -0.1) is 0 Å². The maximum Gasteiger partial charge on any atom is 0.433 e. The molecule has 0 aliphatic rings. The third kappa shape index (κ3) is 3.72. The number of hydrogen-bond donors (Lipinski definition) is 1. The lowest BCUT2D eigenvalue weighted by atomic mass is 10.3. The predicted octanol–water partition coefficient (Wildman–Crippen LogP) is 4.12. The Balaban J connectivity index is 2.39. The van der Waals surface area contributed by atoms with Gasteiger partial charge in [0.25, 0.3) is 0 Å². The first-order valence-electron chi connectivity index (χ1n) is 5.56. The highest BCUT2D eigenvalue weighted by Gasteiger charge is 2.34. The molecule has 0 spiro atoms. The zero-order chi connectivity index (χ0) is 15.6. The molecule has 2 rings (SSSR count). The first kappa shape index (κ1) is 15.3. The Morgan fingerprint density at radius 2 is 1.90 bits per heavy atom. The average Bonchev–Trinajstić information content (AvgIpc) is 2.40. The largest absolute Gasteiger partial charge is 0.437 e. The van der Waals surface area contributed by atoms with Crippen molar-refractivity contribution in [3.8, 4) is 11.6 Å². The molecule has 0 bridgehead atoms. The first-order chi connectivity index (χ1) is 9.79. The second-order valence-electron chi connectivity index (χ2n) is 3.84. The van der Waals surface area contributed by atoms with Crippen molar-refractivity contribution in [2.24, 2.45) is 0 Å². The standard InChI is InChI=1S/C12H8ClF4N3O/c1-18-11-19-9(12(15,16)17)5-10(20-11)21-8-3-2-6(14)4-7(8)13/h2-5H,1H3,(H,18,19,20). The van der Waals surface area contributed by atoms with Crippen LogP contribution in [0.1, 0.15) is 5.69 Å². The van der Waals surface area contributed by atoms with Gasteiger partial charge in [-0.05, 0) is 18.2 Å². The summed E-state index contributed by atoms with van der Waals surface area (Å²) < 4.78 is 56.2. The predicted molar refractivity (Wildman–Crippen MR) is 68.1 cm³/mol. The van der Waals surface area contributed by atoms with Crippen LogP contribution in [-0.2, 0) is 6.18 Å². The highest BCUT2D eigenvalue weighted by molar-refractivity contribution is 6.32. The lowest BCUT2D eigenvalue weighted by Gasteiger charge is -2.11. The molecule has 9 heteroatoms. The van der Waals surface area contributed by atoms with Crippen LogP contribution in [0.15, 0.2) is 24.3 Å². The number of nitrogens with zero attached hydrogens (tertiary/aromatic N) is 2. The van der Waals surface area contributed by atoms with E-state index in [1.165, 1.54) is 13.1 Å². The van der Waals surface area contributed by atoms with Crippen LogP contribution in [0, 0.1) is 5.82 Å². The molecule has 0 unspecified atom stereocenters. The molecule has 0 aliphatic carbocycles. The molecule has 4 nitrogen and oxygen atoms in total. The van der Waals surface area contributed by atoms with Crippen molar-refractivity contribution in [3.63, 3.8) is 0 Å². The molecule has 0 saturated heterocycles. The van der Waals surface area contributed by atoms with Crippen LogP contribution < -0.4 is 10.1 Å². The minimum Gasteiger partial charge on any atom is -0.437 e. The third-order valence-electron chi connectivity index (χ3n) is 2.33. The van der Waals surface area contributed by atoms with Crippen LogP contribution in [0.25, 0.3) is 0 Å². The molecule has 1 heterocycles. The summed E-state index contributed by atoms with van der Waals surface area (Å²) in [7, 11) is 1.37. The van der Waals surface area contributed by atoms with Crippen LogP contribution in [0.5, 0.6) is 11.6 Å². The summed E-state index contributed by atoms with van der Waals surface area (Å²) in [6.45, 7) is 0. The second-order valence-corrected chi connectivity index (χ2v) is 4.25. The van der Waals surface area contributed by atoms with E-state index in [4.69, 9.17) is 16.3 Å². The van der Waals surface area contributed by atoms with Crippen molar-refractivity contribution in [1.29, 1.82) is 0 Å². The van der Waals surface area contributed by atoms with Gasteiger partial charge in [-0.1, -0.05) is 11.6 Å². The maximum atomic E-state index is 12.9. The van der Waals surface area contributed by atoms with Crippen molar-refractivity contribution in [3.05, 3.63) is 40.8 Å². The van der Waals surface area contributed by atoms with Crippen molar-refractivity contribution in [1.82, 2.24) is 9.97 Å². The lowest BCUT2D eigenvalue weighted by Crippen LogP contribution is -2.11. The van der Waals surface area contributed by atoms with Gasteiger partial charge in [0.15, 0.2) is 5.69 Å². The Hall–Kier alpha value is -2.09. The number of halogens is 5. The van der Waals surface area contributed by atoms with E-state index in [-0.39, 0.29) is 22.6 Å². The summed E-state index contributed by atoms with van der Waals surface area (Å²) in [6.07, 6.45) is -4.65. The van der Waals surface area contributed by atoms with Crippen molar-refractivity contribution < 1.29 is 22.3 Å². The highest BCUT2D eigenvalue weighted by Crippen LogP contribution is 2.33. The zero-order valence-corrected chi connectivity index (χ0v) is 11.3. The minimum absolute atomic E-state index is 0.0213. The molecule has 21 heavy (non-hydrogen) atoms. The number of alkyl halides is 3. The van der Waals surface area contributed by atoms with Crippen LogP contribution in [0.2, 0.25) is 5.02 Å². The Bertz CT molecular complexity index is 663. The van der Waals surface area contributed by atoms with Gasteiger partial charge in [-0.25, -0.2) is 9.37 Å². The van der Waals surface area contributed by atoms with E-state index in [9.17, 15) is 17.6 Å². The van der Waals surface area contributed by atoms with Crippen molar-refractivity contribution in [2.45, 2.75) is 6.18 Å². The Morgan fingerprint density at radius 3 is 2.48 bits per heavy atom. The molecule has 1 aromatic carbocycles. The molecular weight excluding hydrogens is 314 g/mol. The van der Waals surface area contributed by atoms with Crippen LogP contribution >= 0.6 is 11.6 Å². The smallest absolute Gasteiger partial charge is 0.433 e. The van der Waals surface area contributed by atoms with E-state index in [1.807, 2.05) is 0 Å². The summed E-state index contributed by atoms with van der Waals surface area (Å²) in [6, 6.07) is 3.85. The number of nitrogens with one attached hydrogen (secondary N) is 1. The molecule has 112 valence electrons. The zero-order valence-electron chi connectivity index (χ0n) is 10.5. The van der Waals surface area contributed by atoms with Gasteiger partial charge in [0.05, 0.1) is 5.02 Å². The monoisotopic (exact) mass is 321 g/mol. The number of anilines is 1. The average molecular weight is 322 g/mol. The summed E-state index contributed by atoms with van der Waals surface area (Å²) in [4.78, 5) is 7.01. The van der Waals surface area contributed by atoms with Crippen molar-refractivity contribution in [2.75, 3.05) is 12.4 Å². The van der Waals surface area contributed by atoms with Crippen LogP contribution in [0.4, 0.5) is 23.5 Å². The minimum atomic E-state index is -4.65. The van der Waals surface area contributed by atoms with Crippen LogP contribution in [0.3, 0.4) is 0 Å². The molecule has 0 amide bonds. The van der Waals surface area contributed by atoms with E-state index in [2.05, 4.69) is 15.3 Å². The number of aromatic nitrogens is 2. The third-order valence-corrected chi connectivity index (χ3v) is 2.62.